The Labute approximate surface area is 521 Å². The summed E-state index contributed by atoms with van der Waals surface area (Å²) in [6.45, 7) is 14.0. The summed E-state index contributed by atoms with van der Waals surface area (Å²) in [5, 5.41) is 7.40. The number of ketones is 1. The molecule has 21 nitrogen and oxygen atoms in total. The first kappa shape index (κ1) is 71.4. The summed E-state index contributed by atoms with van der Waals surface area (Å²) in [5.74, 6) is -7.06. The first-order chi connectivity index (χ1) is 42.2. The minimum atomic E-state index is -1.46. The average molecular weight is 1240 g/mol. The number of hydrogen-bond donors (Lipinski definition) is 2. The number of piperidine rings is 1. The van der Waals surface area contributed by atoms with Crippen molar-refractivity contribution in [1.29, 1.82) is 0 Å². The van der Waals surface area contributed by atoms with Gasteiger partial charge in [-0.25, -0.2) is 14.0 Å². The molecule has 0 saturated carbocycles. The molecule has 0 spiro atoms. The Morgan fingerprint density at radius 3 is 2.13 bits per heavy atom. The molecule has 22 heteroatoms. The molecule has 89 heavy (non-hydrogen) atoms. The van der Waals surface area contributed by atoms with Gasteiger partial charge < -0.3 is 58.7 Å². The Morgan fingerprint density at radius 1 is 0.775 bits per heavy atom. The van der Waals surface area contributed by atoms with E-state index >= 15 is 4.39 Å². The summed E-state index contributed by atoms with van der Waals surface area (Å²) >= 11 is 0. The van der Waals surface area contributed by atoms with Gasteiger partial charge in [-0.1, -0.05) is 87.0 Å². The average Bonchev–Trinajstić information content (AvgIpc) is 1.75. The summed E-state index contributed by atoms with van der Waals surface area (Å²) < 4.78 is 51.3. The van der Waals surface area contributed by atoms with Crippen molar-refractivity contribution in [2.75, 3.05) is 74.8 Å². The number of halogens is 1. The smallest absolute Gasteiger partial charge is 0.330 e. The van der Waals surface area contributed by atoms with Crippen LogP contribution in [0.4, 0.5) is 4.39 Å². The number of likely N-dealkylation sites (tertiary alicyclic amines) is 1. The number of fused-ring (bicyclic) bond motifs is 1. The van der Waals surface area contributed by atoms with Crippen LogP contribution in [0.15, 0.2) is 91.5 Å². The number of nitrogens with one attached hydrogen (secondary N) is 2. The second-order valence-corrected chi connectivity index (χ2v) is 23.8. The van der Waals surface area contributed by atoms with Crippen LogP contribution < -0.4 is 24.8 Å². The second kappa shape index (κ2) is 33.3. The molecule has 0 aliphatic carbocycles. The van der Waals surface area contributed by atoms with Gasteiger partial charge in [0.2, 0.25) is 29.4 Å². The standard InChI is InChI=1S/C67H89FN6O15/c1-14-17-26-49(62(80)70-48(37-44-29-32-45-23-18-19-24-46(45)36-44)63(81)73(11)51(40-88-66(4,5)6)61(79)69-39-56(75)71(9)16-3)72(10)57(76)41-86-54-28-22-25-47(59(54)68)52(33-30-43-31-34-53(84-12)55(38-43)85-13)89-65(83)50-27-20-21-35-74(50)64(82)60(78)67(7,8)42-87-58(77)15-2/h15,18-19,22-25,28-29,31-32,34,36,38,48-52H,2,14,16-17,20-21,26-27,30,33,35,37,39-42H2,1,3-13H3,(H,69,79)(H,70,80)/t48-,49-,50-,51-,52+/m0/s1. The lowest BCUT2D eigenvalue weighted by atomic mass is 9.87. The van der Waals surface area contributed by atoms with Crippen molar-refractivity contribution in [3.8, 4) is 17.2 Å². The van der Waals surface area contributed by atoms with Crippen LogP contribution in [0, 0.1) is 11.2 Å². The van der Waals surface area contributed by atoms with Crippen LogP contribution in [-0.4, -0.2) is 177 Å². The predicted molar refractivity (Wildman–Crippen MR) is 332 cm³/mol. The summed E-state index contributed by atoms with van der Waals surface area (Å²) in [7, 11) is 7.40. The number of methoxy groups -OCH3 is 2. The summed E-state index contributed by atoms with van der Waals surface area (Å²) in [5.41, 5.74) is -0.918. The van der Waals surface area contributed by atoms with E-state index in [1.54, 1.807) is 52.9 Å². The lowest BCUT2D eigenvalue weighted by molar-refractivity contribution is -0.165. The van der Waals surface area contributed by atoms with Crippen LogP contribution in [0.5, 0.6) is 17.2 Å². The molecule has 1 fully saturated rings. The van der Waals surface area contributed by atoms with Crippen LogP contribution in [0.25, 0.3) is 10.8 Å². The highest BCUT2D eigenvalue weighted by molar-refractivity contribution is 6.38. The SMILES string of the molecule is C=CC(=O)OCC(C)(C)C(=O)C(=O)N1CCCC[C@H]1C(=O)O[C@H](CCc1ccc(OC)c(OC)c1)c1cccc(OCC(=O)N(C)[C@@H](CCCC)C(=O)N[C@@H](Cc2ccc3ccccc3c2)C(=O)N(C)[C@@H](COC(C)(C)C)C(=O)NCC(=O)N(C)CC)c1F. The van der Waals surface area contributed by atoms with E-state index in [2.05, 4.69) is 17.2 Å². The molecule has 5 atom stereocenters. The molecular formula is C67H89FN6O15. The van der Waals surface area contributed by atoms with E-state index in [0.717, 1.165) is 21.7 Å². The van der Waals surface area contributed by atoms with E-state index in [1.165, 1.54) is 75.1 Å². The van der Waals surface area contributed by atoms with E-state index < -0.39 is 108 Å². The minimum absolute atomic E-state index is 0.00461. The highest BCUT2D eigenvalue weighted by atomic mass is 19.1. The van der Waals surface area contributed by atoms with Gasteiger partial charge in [0.15, 0.2) is 29.7 Å². The molecule has 1 heterocycles. The number of rotatable bonds is 32. The van der Waals surface area contributed by atoms with E-state index in [-0.39, 0.29) is 69.0 Å². The molecule has 484 valence electrons. The van der Waals surface area contributed by atoms with Crippen molar-refractivity contribution in [2.45, 2.75) is 142 Å². The number of unbranched alkanes of at least 4 members (excludes halogenated alkanes) is 1. The largest absolute Gasteiger partial charge is 0.493 e. The van der Waals surface area contributed by atoms with E-state index in [9.17, 15) is 43.2 Å². The molecule has 1 aliphatic rings. The summed E-state index contributed by atoms with van der Waals surface area (Å²) in [6.07, 6.45) is 2.18. The van der Waals surface area contributed by atoms with E-state index in [1.807, 2.05) is 49.4 Å². The van der Waals surface area contributed by atoms with Crippen LogP contribution in [-0.2, 0) is 70.2 Å². The quantitative estimate of drug-likeness (QED) is 0.0277. The normalized spacial score (nSPS) is 14.6. The number of esters is 2. The number of Topliss-reactive ketones (excluding diaryl/α,β-unsaturated/α-hetero) is 1. The summed E-state index contributed by atoms with van der Waals surface area (Å²) in [6, 6.07) is 17.7. The van der Waals surface area contributed by atoms with Crippen molar-refractivity contribution < 1.29 is 76.0 Å². The zero-order valence-electron chi connectivity index (χ0n) is 53.6. The number of nitrogens with zero attached hydrogens (tertiary/aromatic N) is 4. The van der Waals surface area contributed by atoms with Gasteiger partial charge in [0.05, 0.1) is 38.4 Å². The van der Waals surface area contributed by atoms with Gasteiger partial charge in [0.1, 0.15) is 36.9 Å². The molecule has 4 aromatic carbocycles. The first-order valence-corrected chi connectivity index (χ1v) is 30.1. The predicted octanol–water partition coefficient (Wildman–Crippen LogP) is 7.28. The van der Waals surface area contributed by atoms with Crippen LogP contribution in [0.2, 0.25) is 0 Å². The van der Waals surface area contributed by atoms with Crippen molar-refractivity contribution in [1.82, 2.24) is 30.2 Å². The number of ether oxygens (including phenoxy) is 6. The number of aryl methyl sites for hydroxylation is 1. The maximum atomic E-state index is 17.2. The van der Waals surface area contributed by atoms with Gasteiger partial charge in [-0.15, -0.1) is 0 Å². The third kappa shape index (κ3) is 20.1. The Morgan fingerprint density at radius 2 is 1.47 bits per heavy atom. The van der Waals surface area contributed by atoms with E-state index in [4.69, 9.17) is 28.4 Å². The lowest BCUT2D eigenvalue weighted by Crippen LogP contribution is -2.59. The Balaban J connectivity index is 1.43. The maximum Gasteiger partial charge on any atom is 0.330 e. The Hall–Kier alpha value is -8.40. The summed E-state index contributed by atoms with van der Waals surface area (Å²) in [4.78, 5) is 130. The number of carbonyl (C=O) groups is 9. The second-order valence-electron chi connectivity index (χ2n) is 23.8. The lowest BCUT2D eigenvalue weighted by Gasteiger charge is -2.36. The number of hydrogen-bond acceptors (Lipinski definition) is 15. The van der Waals surface area contributed by atoms with Gasteiger partial charge in [-0.2, -0.15) is 0 Å². The van der Waals surface area contributed by atoms with Gasteiger partial charge in [-0.05, 0) is 120 Å². The van der Waals surface area contributed by atoms with Gasteiger partial charge >= 0.3 is 11.9 Å². The fourth-order valence-electron chi connectivity index (χ4n) is 10.0. The molecule has 0 bridgehead atoms. The van der Waals surface area contributed by atoms with E-state index in [0.29, 0.717) is 54.9 Å². The van der Waals surface area contributed by atoms with Gasteiger partial charge in [0, 0.05) is 52.3 Å². The van der Waals surface area contributed by atoms with Crippen LogP contribution in [0.1, 0.15) is 116 Å². The molecule has 4 aromatic rings. The number of amides is 6. The maximum absolute atomic E-state index is 17.2. The Bertz CT molecular complexity index is 3160. The fraction of sp³-hybridized carbons (Fsp3) is 0.507. The fourth-order valence-corrected chi connectivity index (χ4v) is 10.0. The van der Waals surface area contributed by atoms with Crippen LogP contribution in [0.3, 0.4) is 0 Å². The molecule has 0 unspecified atom stereocenters. The van der Waals surface area contributed by atoms with Crippen molar-refractivity contribution in [3.05, 3.63) is 114 Å². The van der Waals surface area contributed by atoms with Gasteiger partial charge in [-0.3, -0.25) is 33.6 Å². The zero-order chi connectivity index (χ0) is 65.8. The third-order valence-electron chi connectivity index (χ3n) is 15.6. The van der Waals surface area contributed by atoms with Crippen molar-refractivity contribution in [2.24, 2.45) is 5.41 Å². The minimum Gasteiger partial charge on any atom is -0.493 e. The molecule has 1 saturated heterocycles. The monoisotopic (exact) mass is 1240 g/mol. The molecule has 0 aromatic heterocycles. The molecule has 6 amide bonds. The molecule has 2 N–H and O–H groups in total. The molecule has 0 radical (unpaired) electrons. The molecule has 5 rings (SSSR count). The highest BCUT2D eigenvalue weighted by Crippen LogP contribution is 2.35. The molecule has 1 aliphatic heterocycles. The van der Waals surface area contributed by atoms with Crippen molar-refractivity contribution in [3.63, 3.8) is 0 Å². The topological polar surface area (TPSA) is 246 Å². The van der Waals surface area contributed by atoms with Gasteiger partial charge in [0.25, 0.3) is 11.8 Å². The first-order valence-electron chi connectivity index (χ1n) is 30.1. The van der Waals surface area contributed by atoms with Crippen LogP contribution >= 0.6 is 0 Å². The number of carbonyl (C=O) groups excluding carboxylic acids is 9. The zero-order valence-corrected chi connectivity index (χ0v) is 53.6. The van der Waals surface area contributed by atoms with Crippen molar-refractivity contribution >= 4 is 63.9 Å². The molecular weight excluding hydrogens is 1150 g/mol. The highest BCUT2D eigenvalue weighted by Gasteiger charge is 2.43. The number of benzene rings is 4. The number of likely N-dealkylation sites (N-methyl/N-ethyl adjacent to an activating group) is 3. The Kier molecular flexibility index (Phi) is 26.7. The third-order valence-corrected chi connectivity index (χ3v) is 15.6.